The van der Waals surface area contributed by atoms with Gasteiger partial charge in [0.2, 0.25) is 5.28 Å². The quantitative estimate of drug-likeness (QED) is 0.198. The molecule has 0 spiro atoms. The maximum atomic E-state index is 6.49. The third-order valence-electron chi connectivity index (χ3n) is 8.01. The van der Waals surface area contributed by atoms with Crippen LogP contribution in [0.2, 0.25) is 5.28 Å². The van der Waals surface area contributed by atoms with Crippen molar-refractivity contribution in [1.29, 1.82) is 0 Å². The second-order valence-electron chi connectivity index (χ2n) is 10.7. The first-order chi connectivity index (χ1) is 21.2. The highest BCUT2D eigenvalue weighted by Crippen LogP contribution is 2.36. The van der Waals surface area contributed by atoms with Gasteiger partial charge in [-0.1, -0.05) is 121 Å². The minimum atomic E-state index is 0.168. The fourth-order valence-corrected chi connectivity index (χ4v) is 6.08. The van der Waals surface area contributed by atoms with Crippen molar-refractivity contribution in [2.75, 3.05) is 0 Å². The van der Waals surface area contributed by atoms with Gasteiger partial charge in [-0.15, -0.1) is 0 Å². The molecule has 8 rings (SSSR count). The van der Waals surface area contributed by atoms with Crippen LogP contribution >= 0.6 is 11.6 Å². The zero-order chi connectivity index (χ0) is 28.8. The van der Waals surface area contributed by atoms with Crippen LogP contribution in [0.1, 0.15) is 0 Å². The molecule has 3 nitrogen and oxygen atoms in total. The molecule has 0 fully saturated rings. The summed E-state index contributed by atoms with van der Waals surface area (Å²) in [4.78, 5) is 13.9. The Balaban J connectivity index is 1.20. The summed E-state index contributed by atoms with van der Waals surface area (Å²) < 4.78 is 0. The molecule has 1 heterocycles. The minimum Gasteiger partial charge on any atom is -0.208 e. The predicted molar refractivity (Wildman–Crippen MR) is 179 cm³/mol. The van der Waals surface area contributed by atoms with E-state index in [0.29, 0.717) is 11.6 Å². The third kappa shape index (κ3) is 4.70. The number of hydrogen-bond acceptors (Lipinski definition) is 3. The summed E-state index contributed by atoms with van der Waals surface area (Å²) in [5.41, 5.74) is 6.42. The first-order valence-corrected chi connectivity index (χ1v) is 14.6. The summed E-state index contributed by atoms with van der Waals surface area (Å²) in [6.45, 7) is 0. The van der Waals surface area contributed by atoms with Crippen LogP contribution in [-0.4, -0.2) is 15.0 Å². The molecular weight excluding hydrogens is 546 g/mol. The lowest BCUT2D eigenvalue weighted by Gasteiger charge is -2.12. The van der Waals surface area contributed by atoms with Crippen molar-refractivity contribution >= 4 is 43.9 Å². The highest BCUT2D eigenvalue weighted by molar-refractivity contribution is 6.28. The number of benzene rings is 7. The highest BCUT2D eigenvalue weighted by Gasteiger charge is 2.13. The topological polar surface area (TPSA) is 38.7 Å². The smallest absolute Gasteiger partial charge is 0.208 e. The molecule has 0 saturated heterocycles. The molecule has 1 aromatic heterocycles. The lowest BCUT2D eigenvalue weighted by Crippen LogP contribution is -1.97. The first kappa shape index (κ1) is 25.3. The Hall–Kier alpha value is -5.38. The summed E-state index contributed by atoms with van der Waals surface area (Å²) in [7, 11) is 0. The molecule has 0 bridgehead atoms. The van der Waals surface area contributed by atoms with Gasteiger partial charge in [0.05, 0.1) is 0 Å². The molecule has 0 saturated carbocycles. The van der Waals surface area contributed by atoms with E-state index < -0.39 is 0 Å². The molecule has 202 valence electrons. The predicted octanol–water partition coefficient (Wildman–Crippen LogP) is 10.7. The molecule has 7 aromatic carbocycles. The third-order valence-corrected chi connectivity index (χ3v) is 8.18. The van der Waals surface area contributed by atoms with E-state index in [-0.39, 0.29) is 5.28 Å². The molecule has 0 atom stereocenters. The monoisotopic (exact) mass is 569 g/mol. The van der Waals surface area contributed by atoms with E-state index in [1.165, 1.54) is 38.2 Å². The van der Waals surface area contributed by atoms with Crippen molar-refractivity contribution in [2.45, 2.75) is 0 Å². The van der Waals surface area contributed by atoms with Crippen LogP contribution in [0.5, 0.6) is 0 Å². The van der Waals surface area contributed by atoms with Gasteiger partial charge in [-0.3, -0.25) is 0 Å². The fraction of sp³-hybridized carbons (Fsp3) is 0. The van der Waals surface area contributed by atoms with Gasteiger partial charge in [0.25, 0.3) is 0 Å². The maximum Gasteiger partial charge on any atom is 0.226 e. The number of halogens is 1. The molecule has 0 aliphatic heterocycles. The summed E-state index contributed by atoms with van der Waals surface area (Å²) >= 11 is 6.49. The minimum absolute atomic E-state index is 0.168. The molecule has 4 heteroatoms. The van der Waals surface area contributed by atoms with Crippen molar-refractivity contribution in [1.82, 2.24) is 15.0 Å². The van der Waals surface area contributed by atoms with Crippen LogP contribution in [0.4, 0.5) is 0 Å². The normalized spacial score (nSPS) is 11.4. The fourth-order valence-electron chi connectivity index (χ4n) is 5.92. The van der Waals surface area contributed by atoms with Crippen LogP contribution in [0, 0.1) is 0 Å². The summed E-state index contributed by atoms with van der Waals surface area (Å²) in [6.07, 6.45) is 0. The largest absolute Gasteiger partial charge is 0.226 e. The second kappa shape index (κ2) is 10.5. The molecule has 0 aliphatic rings. The van der Waals surface area contributed by atoms with Gasteiger partial charge < -0.3 is 0 Å². The van der Waals surface area contributed by atoms with E-state index in [4.69, 9.17) is 16.6 Å². The van der Waals surface area contributed by atoms with Crippen molar-refractivity contribution in [3.8, 4) is 45.0 Å². The SMILES string of the molecule is Clc1nc(-c2cccc(-c3cc4ccccc4c4ccccc34)c2)nc(-c2ccc3cc(-c4ccccc4)ccc3c2)n1. The van der Waals surface area contributed by atoms with E-state index >= 15 is 0 Å². The van der Waals surface area contributed by atoms with Crippen molar-refractivity contribution < 1.29 is 0 Å². The average molecular weight is 570 g/mol. The Morgan fingerprint density at radius 1 is 0.349 bits per heavy atom. The van der Waals surface area contributed by atoms with Gasteiger partial charge in [-0.2, -0.15) is 9.97 Å². The van der Waals surface area contributed by atoms with Crippen molar-refractivity contribution in [3.63, 3.8) is 0 Å². The zero-order valence-electron chi connectivity index (χ0n) is 23.1. The van der Waals surface area contributed by atoms with Gasteiger partial charge >= 0.3 is 0 Å². The molecule has 0 aliphatic carbocycles. The van der Waals surface area contributed by atoms with Crippen molar-refractivity contribution in [2.24, 2.45) is 0 Å². The number of fused-ring (bicyclic) bond motifs is 4. The standard InChI is InChI=1S/C39H24ClN3/c40-39-42-37(41-38(43-39)32-20-19-27-21-26(17-18-28(27)22-32)25-9-2-1-3-10-25)31-13-8-12-29(23-31)36-24-30-11-4-5-14-33(30)34-15-6-7-16-35(34)36/h1-24H. The van der Waals surface area contributed by atoms with Crippen LogP contribution < -0.4 is 0 Å². The van der Waals surface area contributed by atoms with Gasteiger partial charge in [0.15, 0.2) is 11.6 Å². The Bertz CT molecular complexity index is 2310. The molecule has 0 unspecified atom stereocenters. The number of rotatable bonds is 4. The van der Waals surface area contributed by atoms with Crippen LogP contribution in [0.3, 0.4) is 0 Å². The zero-order valence-corrected chi connectivity index (χ0v) is 23.8. The van der Waals surface area contributed by atoms with Gasteiger partial charge in [-0.25, -0.2) is 4.98 Å². The second-order valence-corrected chi connectivity index (χ2v) is 11.0. The first-order valence-electron chi connectivity index (χ1n) is 14.2. The van der Waals surface area contributed by atoms with Crippen molar-refractivity contribution in [3.05, 3.63) is 151 Å². The summed E-state index contributed by atoms with van der Waals surface area (Å²) in [6, 6.07) is 50.9. The van der Waals surface area contributed by atoms with E-state index in [9.17, 15) is 0 Å². The average Bonchev–Trinajstić information content (AvgIpc) is 3.07. The summed E-state index contributed by atoms with van der Waals surface area (Å²) in [5, 5.41) is 7.33. The van der Waals surface area contributed by atoms with Crippen LogP contribution in [0.25, 0.3) is 77.3 Å². The maximum absolute atomic E-state index is 6.49. The molecule has 0 amide bonds. The van der Waals surface area contributed by atoms with E-state index in [1.807, 2.05) is 24.3 Å². The lowest BCUT2D eigenvalue weighted by atomic mass is 9.92. The van der Waals surface area contributed by atoms with E-state index in [2.05, 4.69) is 131 Å². The lowest BCUT2D eigenvalue weighted by molar-refractivity contribution is 1.07. The molecule has 0 radical (unpaired) electrons. The van der Waals surface area contributed by atoms with Crippen LogP contribution in [-0.2, 0) is 0 Å². The van der Waals surface area contributed by atoms with Gasteiger partial charge in [0.1, 0.15) is 0 Å². The molecule has 0 N–H and O–H groups in total. The summed E-state index contributed by atoms with van der Waals surface area (Å²) in [5.74, 6) is 1.09. The number of hydrogen-bond donors (Lipinski definition) is 0. The Labute approximate surface area is 254 Å². The number of nitrogens with zero attached hydrogens (tertiary/aromatic N) is 3. The van der Waals surface area contributed by atoms with Gasteiger partial charge in [0, 0.05) is 11.1 Å². The molecule has 43 heavy (non-hydrogen) atoms. The molecular formula is C39H24ClN3. The number of aromatic nitrogens is 3. The Morgan fingerprint density at radius 3 is 1.72 bits per heavy atom. The Kier molecular flexibility index (Phi) is 6.17. The highest BCUT2D eigenvalue weighted by atomic mass is 35.5. The van der Waals surface area contributed by atoms with Gasteiger partial charge in [-0.05, 0) is 90.4 Å². The van der Waals surface area contributed by atoms with E-state index in [1.54, 1.807) is 0 Å². The van der Waals surface area contributed by atoms with Crippen LogP contribution in [0.15, 0.2) is 146 Å². The molecule has 8 aromatic rings. The van der Waals surface area contributed by atoms with E-state index in [0.717, 1.165) is 27.5 Å². The Morgan fingerprint density at radius 2 is 0.930 bits per heavy atom.